The molecule has 1 unspecified atom stereocenters. The first-order valence-electron chi connectivity index (χ1n) is 9.88. The first-order valence-corrected chi connectivity index (χ1v) is 10.3. The summed E-state index contributed by atoms with van der Waals surface area (Å²) in [6.07, 6.45) is 0. The molecule has 0 aliphatic carbocycles. The lowest BCUT2D eigenvalue weighted by Crippen LogP contribution is -2.42. The molecule has 2 aromatic rings. The van der Waals surface area contributed by atoms with E-state index in [0.717, 1.165) is 4.90 Å². The van der Waals surface area contributed by atoms with Gasteiger partial charge < -0.3 is 20.1 Å². The quantitative estimate of drug-likeness (QED) is 0.606. The van der Waals surface area contributed by atoms with E-state index in [1.54, 1.807) is 49.4 Å². The summed E-state index contributed by atoms with van der Waals surface area (Å²) >= 11 is 6.03. The molecule has 9 heteroatoms. The van der Waals surface area contributed by atoms with Crippen LogP contribution in [0.3, 0.4) is 0 Å². The maximum absolute atomic E-state index is 13.0. The van der Waals surface area contributed by atoms with Crippen molar-refractivity contribution in [3.05, 3.63) is 53.1 Å². The van der Waals surface area contributed by atoms with Crippen molar-refractivity contribution in [2.24, 2.45) is 0 Å². The van der Waals surface area contributed by atoms with Gasteiger partial charge in [-0.15, -0.1) is 0 Å². The Bertz CT molecular complexity index is 1010. The molecule has 0 saturated carbocycles. The number of nitrogens with zero attached hydrogens (tertiary/aromatic N) is 1. The minimum Gasteiger partial charge on any atom is -0.494 e. The molecule has 4 amide bonds. The highest BCUT2D eigenvalue weighted by Crippen LogP contribution is 2.31. The molecule has 0 bridgehead atoms. The van der Waals surface area contributed by atoms with E-state index in [1.807, 2.05) is 13.8 Å². The van der Waals surface area contributed by atoms with Crippen LogP contribution in [0, 0.1) is 0 Å². The summed E-state index contributed by atoms with van der Waals surface area (Å²) in [7, 11) is 0. The third-order valence-corrected chi connectivity index (χ3v) is 5.05. The maximum atomic E-state index is 13.0. The third-order valence-electron chi connectivity index (χ3n) is 4.81. The van der Waals surface area contributed by atoms with Gasteiger partial charge in [0.25, 0.3) is 5.91 Å². The number of imide groups is 1. The van der Waals surface area contributed by atoms with Gasteiger partial charge in [0.1, 0.15) is 23.6 Å². The fourth-order valence-corrected chi connectivity index (χ4v) is 3.50. The number of amides is 4. The highest BCUT2D eigenvalue weighted by Gasteiger charge is 2.49. The lowest BCUT2D eigenvalue weighted by atomic mass is 9.92. The van der Waals surface area contributed by atoms with Crippen LogP contribution in [0.1, 0.15) is 26.3 Å². The van der Waals surface area contributed by atoms with Crippen molar-refractivity contribution >= 4 is 35.1 Å². The molecule has 164 valence electrons. The number of halogens is 1. The monoisotopic (exact) mass is 445 g/mol. The normalized spacial score (nSPS) is 18.0. The Morgan fingerprint density at radius 3 is 2.55 bits per heavy atom. The number of rotatable bonds is 8. The SMILES string of the molecule is CCOc1ccc(OCC)c(NC(=O)CN2C(=O)NC(C)(c3cccc(Cl)c3)C2=O)c1. The van der Waals surface area contributed by atoms with Crippen LogP contribution in [0.2, 0.25) is 5.02 Å². The average Bonchev–Trinajstić information content (AvgIpc) is 2.94. The van der Waals surface area contributed by atoms with Gasteiger partial charge in [-0.1, -0.05) is 23.7 Å². The number of nitrogens with one attached hydrogen (secondary N) is 2. The predicted molar refractivity (Wildman–Crippen MR) is 116 cm³/mol. The van der Waals surface area contributed by atoms with Crippen molar-refractivity contribution in [3.63, 3.8) is 0 Å². The molecule has 1 aliphatic heterocycles. The Hall–Kier alpha value is -3.26. The van der Waals surface area contributed by atoms with Gasteiger partial charge in [-0.3, -0.25) is 14.5 Å². The number of hydrogen-bond donors (Lipinski definition) is 2. The third kappa shape index (κ3) is 4.74. The van der Waals surface area contributed by atoms with Crippen molar-refractivity contribution in [1.82, 2.24) is 10.2 Å². The van der Waals surface area contributed by atoms with Gasteiger partial charge in [-0.2, -0.15) is 0 Å². The second-order valence-corrected chi connectivity index (χ2v) is 7.47. The molecule has 1 atom stereocenters. The number of ether oxygens (including phenoxy) is 2. The van der Waals surface area contributed by atoms with Gasteiger partial charge in [0, 0.05) is 11.1 Å². The molecule has 1 heterocycles. The standard InChI is InChI=1S/C22H24ClN3O5/c1-4-30-16-9-10-18(31-5-2)17(12-16)24-19(27)13-26-20(28)22(3,25-21(26)29)14-7-6-8-15(23)11-14/h6-12H,4-5,13H2,1-3H3,(H,24,27)(H,25,29). The molecular weight excluding hydrogens is 422 g/mol. The zero-order valence-corrected chi connectivity index (χ0v) is 18.3. The summed E-state index contributed by atoms with van der Waals surface area (Å²) < 4.78 is 11.0. The Morgan fingerprint density at radius 1 is 1.13 bits per heavy atom. The number of carbonyl (C=O) groups is 3. The van der Waals surface area contributed by atoms with E-state index in [1.165, 1.54) is 0 Å². The molecule has 1 fully saturated rings. The summed E-state index contributed by atoms with van der Waals surface area (Å²) in [6.45, 7) is 5.67. The number of hydrogen-bond acceptors (Lipinski definition) is 5. The molecule has 1 aliphatic rings. The Balaban J connectivity index is 1.77. The first-order chi connectivity index (χ1) is 14.8. The summed E-state index contributed by atoms with van der Waals surface area (Å²) in [6, 6.07) is 11.1. The molecule has 2 N–H and O–H groups in total. The predicted octanol–water partition coefficient (Wildman–Crippen LogP) is 3.54. The van der Waals surface area contributed by atoms with Gasteiger partial charge in [-0.05, 0) is 50.6 Å². The van der Waals surface area contributed by atoms with E-state index in [4.69, 9.17) is 21.1 Å². The Kier molecular flexibility index (Phi) is 6.70. The number of anilines is 1. The van der Waals surface area contributed by atoms with Gasteiger partial charge in [0.15, 0.2) is 0 Å². The molecule has 0 spiro atoms. The highest BCUT2D eigenvalue weighted by molar-refractivity contribution is 6.30. The summed E-state index contributed by atoms with van der Waals surface area (Å²) in [5.74, 6) is -0.0680. The highest BCUT2D eigenvalue weighted by atomic mass is 35.5. The minimum atomic E-state index is -1.31. The van der Waals surface area contributed by atoms with Crippen LogP contribution in [-0.4, -0.2) is 42.5 Å². The minimum absolute atomic E-state index is 0.391. The van der Waals surface area contributed by atoms with Gasteiger partial charge in [0.2, 0.25) is 5.91 Å². The van der Waals surface area contributed by atoms with E-state index < -0.39 is 29.9 Å². The summed E-state index contributed by atoms with van der Waals surface area (Å²) in [5, 5.41) is 5.79. The lowest BCUT2D eigenvalue weighted by Gasteiger charge is -2.22. The number of carbonyl (C=O) groups excluding carboxylic acids is 3. The van der Waals surface area contributed by atoms with Crippen LogP contribution in [-0.2, 0) is 15.1 Å². The summed E-state index contributed by atoms with van der Waals surface area (Å²) in [5.41, 5.74) is -0.389. The van der Waals surface area contributed by atoms with Crippen LogP contribution >= 0.6 is 11.6 Å². The van der Waals surface area contributed by atoms with Crippen LogP contribution in [0.5, 0.6) is 11.5 Å². The fourth-order valence-electron chi connectivity index (χ4n) is 3.31. The fraction of sp³-hybridized carbons (Fsp3) is 0.318. The van der Waals surface area contributed by atoms with Crippen molar-refractivity contribution < 1.29 is 23.9 Å². The number of urea groups is 1. The van der Waals surface area contributed by atoms with E-state index in [-0.39, 0.29) is 0 Å². The zero-order valence-electron chi connectivity index (χ0n) is 17.5. The van der Waals surface area contributed by atoms with E-state index in [9.17, 15) is 14.4 Å². The van der Waals surface area contributed by atoms with Gasteiger partial charge >= 0.3 is 6.03 Å². The van der Waals surface area contributed by atoms with Gasteiger partial charge in [0.05, 0.1) is 18.9 Å². The largest absolute Gasteiger partial charge is 0.494 e. The molecule has 8 nitrogen and oxygen atoms in total. The van der Waals surface area contributed by atoms with E-state index in [0.29, 0.717) is 41.0 Å². The van der Waals surface area contributed by atoms with Crippen LogP contribution in [0.15, 0.2) is 42.5 Å². The zero-order chi connectivity index (χ0) is 22.6. The Morgan fingerprint density at radius 2 is 1.87 bits per heavy atom. The van der Waals surface area contributed by atoms with Crippen LogP contribution < -0.4 is 20.1 Å². The van der Waals surface area contributed by atoms with Gasteiger partial charge in [-0.25, -0.2) is 4.79 Å². The lowest BCUT2D eigenvalue weighted by molar-refractivity contribution is -0.133. The molecule has 2 aromatic carbocycles. The molecule has 31 heavy (non-hydrogen) atoms. The van der Waals surface area contributed by atoms with Crippen LogP contribution in [0.25, 0.3) is 0 Å². The topological polar surface area (TPSA) is 97.0 Å². The van der Waals surface area contributed by atoms with E-state index >= 15 is 0 Å². The smallest absolute Gasteiger partial charge is 0.325 e. The summed E-state index contributed by atoms with van der Waals surface area (Å²) in [4.78, 5) is 39.1. The molecule has 3 rings (SSSR count). The first kappa shape index (κ1) is 22.4. The second-order valence-electron chi connectivity index (χ2n) is 7.03. The average molecular weight is 446 g/mol. The van der Waals surface area contributed by atoms with Crippen molar-refractivity contribution in [2.75, 3.05) is 25.1 Å². The Labute approximate surface area is 185 Å². The van der Waals surface area contributed by atoms with Crippen molar-refractivity contribution in [2.45, 2.75) is 26.3 Å². The molecule has 0 radical (unpaired) electrons. The second kappa shape index (κ2) is 9.26. The number of benzene rings is 2. The molecule has 1 saturated heterocycles. The van der Waals surface area contributed by atoms with Crippen molar-refractivity contribution in [3.8, 4) is 11.5 Å². The molecule has 0 aromatic heterocycles. The van der Waals surface area contributed by atoms with Crippen molar-refractivity contribution in [1.29, 1.82) is 0 Å². The van der Waals surface area contributed by atoms with E-state index in [2.05, 4.69) is 10.6 Å². The maximum Gasteiger partial charge on any atom is 0.325 e. The molecular formula is C22H24ClN3O5. The van der Waals surface area contributed by atoms with Crippen LogP contribution in [0.4, 0.5) is 10.5 Å².